The molecule has 1 atom stereocenters. The van der Waals surface area contributed by atoms with Gasteiger partial charge < -0.3 is 15.2 Å². The molecule has 1 rings (SSSR count). The van der Waals surface area contributed by atoms with Crippen molar-refractivity contribution in [3.63, 3.8) is 0 Å². The van der Waals surface area contributed by atoms with E-state index in [1.807, 2.05) is 39.1 Å². The average Bonchev–Trinajstić information content (AvgIpc) is 2.35. The molecule has 0 aliphatic heterocycles. The fourth-order valence-corrected chi connectivity index (χ4v) is 1.60. The summed E-state index contributed by atoms with van der Waals surface area (Å²) in [6, 6.07) is 6.14. The molecule has 4 heteroatoms. The highest BCUT2D eigenvalue weighted by molar-refractivity contribution is 5.73. The lowest BCUT2D eigenvalue weighted by atomic mass is 9.95. The highest BCUT2D eigenvalue weighted by Crippen LogP contribution is 2.28. The first kappa shape index (κ1) is 15.5. The summed E-state index contributed by atoms with van der Waals surface area (Å²) in [5.41, 5.74) is 1.23. The van der Waals surface area contributed by atoms with Crippen LogP contribution in [0.2, 0.25) is 0 Å². The Labute approximate surface area is 114 Å². The van der Waals surface area contributed by atoms with E-state index in [0.717, 1.165) is 16.9 Å². The van der Waals surface area contributed by atoms with Crippen molar-refractivity contribution in [1.29, 1.82) is 0 Å². The predicted molar refractivity (Wildman–Crippen MR) is 75.6 cm³/mol. The van der Waals surface area contributed by atoms with Gasteiger partial charge in [-0.25, -0.2) is 0 Å². The molecule has 2 N–H and O–H groups in total. The van der Waals surface area contributed by atoms with Gasteiger partial charge in [0.15, 0.2) is 0 Å². The third-order valence-electron chi connectivity index (χ3n) is 3.24. The number of carboxylic acids is 1. The predicted octanol–water partition coefficient (Wildman–Crippen LogP) is 2.77. The Balaban J connectivity index is 2.93. The Hall–Kier alpha value is -1.55. The summed E-state index contributed by atoms with van der Waals surface area (Å²) in [5, 5.41) is 12.3. The average molecular weight is 265 g/mol. The van der Waals surface area contributed by atoms with Gasteiger partial charge in [-0.15, -0.1) is 0 Å². The lowest BCUT2D eigenvalue weighted by molar-refractivity contribution is -0.148. The van der Waals surface area contributed by atoms with Crippen molar-refractivity contribution in [2.75, 3.05) is 13.7 Å². The standard InChI is InChI=1S/C15H23NO3/c1-10-6-7-12(11(2)16-5)13(8-10)19-9-15(3,4)14(17)18/h6-8,11,16H,9H2,1-5H3,(H,17,18). The van der Waals surface area contributed by atoms with Gasteiger partial charge in [0.1, 0.15) is 12.4 Å². The second-order valence-electron chi connectivity index (χ2n) is 5.53. The fourth-order valence-electron chi connectivity index (χ4n) is 1.60. The second kappa shape index (κ2) is 6.06. The number of rotatable bonds is 6. The third kappa shape index (κ3) is 3.96. The van der Waals surface area contributed by atoms with Crippen molar-refractivity contribution in [2.45, 2.75) is 33.7 Å². The molecule has 0 heterocycles. The Morgan fingerprint density at radius 3 is 2.63 bits per heavy atom. The van der Waals surface area contributed by atoms with Crippen LogP contribution < -0.4 is 10.1 Å². The minimum absolute atomic E-state index is 0.148. The van der Waals surface area contributed by atoms with Gasteiger partial charge in [0.2, 0.25) is 0 Å². The van der Waals surface area contributed by atoms with Crippen LogP contribution in [0.1, 0.15) is 37.9 Å². The molecule has 0 aliphatic rings. The number of hydrogen-bond acceptors (Lipinski definition) is 3. The summed E-state index contributed by atoms with van der Waals surface area (Å²) in [7, 11) is 1.88. The normalized spacial score (nSPS) is 13.1. The molecule has 19 heavy (non-hydrogen) atoms. The molecule has 1 aromatic carbocycles. The molecule has 106 valence electrons. The second-order valence-corrected chi connectivity index (χ2v) is 5.53. The number of aryl methyl sites for hydroxylation is 1. The summed E-state index contributed by atoms with van der Waals surface area (Å²) in [6.07, 6.45) is 0. The Morgan fingerprint density at radius 2 is 2.11 bits per heavy atom. The van der Waals surface area contributed by atoms with Crippen LogP contribution in [0, 0.1) is 12.3 Å². The number of hydrogen-bond donors (Lipinski definition) is 2. The van der Waals surface area contributed by atoms with Crippen molar-refractivity contribution in [2.24, 2.45) is 5.41 Å². The van der Waals surface area contributed by atoms with Crippen LogP contribution in [0.15, 0.2) is 18.2 Å². The van der Waals surface area contributed by atoms with Crippen LogP contribution in [-0.2, 0) is 4.79 Å². The first-order valence-corrected chi connectivity index (χ1v) is 6.42. The Bertz CT molecular complexity index is 455. The molecule has 0 bridgehead atoms. The highest BCUT2D eigenvalue weighted by Gasteiger charge is 2.28. The maximum absolute atomic E-state index is 11.1. The van der Waals surface area contributed by atoms with Crippen molar-refractivity contribution in [1.82, 2.24) is 5.32 Å². The minimum Gasteiger partial charge on any atom is -0.492 e. The van der Waals surface area contributed by atoms with Crippen LogP contribution in [-0.4, -0.2) is 24.7 Å². The van der Waals surface area contributed by atoms with E-state index in [9.17, 15) is 4.79 Å². The fraction of sp³-hybridized carbons (Fsp3) is 0.533. The molecule has 0 amide bonds. The van der Waals surface area contributed by atoms with E-state index >= 15 is 0 Å². The molecule has 4 nitrogen and oxygen atoms in total. The molecule has 0 saturated heterocycles. The van der Waals surface area contributed by atoms with Gasteiger partial charge in [0.25, 0.3) is 0 Å². The smallest absolute Gasteiger partial charge is 0.312 e. The van der Waals surface area contributed by atoms with Crippen LogP contribution in [0.3, 0.4) is 0 Å². The molecule has 0 radical (unpaired) electrons. The summed E-state index contributed by atoms with van der Waals surface area (Å²) in [4.78, 5) is 11.1. The van der Waals surface area contributed by atoms with Crippen LogP contribution in [0.5, 0.6) is 5.75 Å². The van der Waals surface area contributed by atoms with Crippen molar-refractivity contribution in [3.8, 4) is 5.75 Å². The first-order chi connectivity index (χ1) is 8.77. The summed E-state index contributed by atoms with van der Waals surface area (Å²) >= 11 is 0. The number of aliphatic carboxylic acids is 1. The van der Waals surface area contributed by atoms with Gasteiger partial charge in [0, 0.05) is 11.6 Å². The lowest BCUT2D eigenvalue weighted by Gasteiger charge is -2.22. The van der Waals surface area contributed by atoms with E-state index in [1.165, 1.54) is 0 Å². The molecule has 1 unspecified atom stereocenters. The largest absolute Gasteiger partial charge is 0.492 e. The van der Waals surface area contributed by atoms with Crippen molar-refractivity contribution in [3.05, 3.63) is 29.3 Å². The van der Waals surface area contributed by atoms with Crippen LogP contribution >= 0.6 is 0 Å². The topological polar surface area (TPSA) is 58.6 Å². The number of benzene rings is 1. The SMILES string of the molecule is CNC(C)c1ccc(C)cc1OCC(C)(C)C(=O)O. The molecule has 0 aliphatic carbocycles. The number of nitrogens with one attached hydrogen (secondary N) is 1. The Kier molecular flexibility index (Phi) is 4.95. The maximum Gasteiger partial charge on any atom is 0.312 e. The third-order valence-corrected chi connectivity index (χ3v) is 3.24. The molecule has 1 aromatic rings. The van der Waals surface area contributed by atoms with E-state index in [2.05, 4.69) is 5.32 Å². The van der Waals surface area contributed by atoms with Crippen molar-refractivity contribution < 1.29 is 14.6 Å². The zero-order valence-electron chi connectivity index (χ0n) is 12.3. The highest BCUT2D eigenvalue weighted by atomic mass is 16.5. The first-order valence-electron chi connectivity index (χ1n) is 6.42. The van der Waals surface area contributed by atoms with Gasteiger partial charge in [-0.1, -0.05) is 12.1 Å². The molecule has 0 spiro atoms. The van der Waals surface area contributed by atoms with E-state index in [0.29, 0.717) is 0 Å². The lowest BCUT2D eigenvalue weighted by Crippen LogP contribution is -2.31. The monoisotopic (exact) mass is 265 g/mol. The van der Waals surface area contributed by atoms with Gasteiger partial charge in [-0.05, 0) is 46.4 Å². The van der Waals surface area contributed by atoms with E-state index in [4.69, 9.17) is 9.84 Å². The zero-order valence-corrected chi connectivity index (χ0v) is 12.3. The van der Waals surface area contributed by atoms with E-state index in [-0.39, 0.29) is 12.6 Å². The summed E-state index contributed by atoms with van der Waals surface area (Å²) in [6.45, 7) is 7.50. The molecule has 0 fully saturated rings. The van der Waals surface area contributed by atoms with Gasteiger partial charge >= 0.3 is 5.97 Å². The number of ether oxygens (including phenoxy) is 1. The summed E-state index contributed by atoms with van der Waals surface area (Å²) < 4.78 is 5.75. The van der Waals surface area contributed by atoms with E-state index < -0.39 is 11.4 Å². The maximum atomic E-state index is 11.1. The summed E-state index contributed by atoms with van der Waals surface area (Å²) in [5.74, 6) is -0.112. The van der Waals surface area contributed by atoms with Crippen LogP contribution in [0.25, 0.3) is 0 Å². The van der Waals surface area contributed by atoms with Gasteiger partial charge in [-0.3, -0.25) is 4.79 Å². The molecule has 0 saturated carbocycles. The molecular formula is C15H23NO3. The van der Waals surface area contributed by atoms with Gasteiger partial charge in [-0.2, -0.15) is 0 Å². The molecule has 0 aromatic heterocycles. The number of carbonyl (C=O) groups is 1. The Morgan fingerprint density at radius 1 is 1.47 bits per heavy atom. The minimum atomic E-state index is -0.899. The van der Waals surface area contributed by atoms with Crippen LogP contribution in [0.4, 0.5) is 0 Å². The van der Waals surface area contributed by atoms with E-state index in [1.54, 1.807) is 13.8 Å². The molecular weight excluding hydrogens is 242 g/mol. The quantitative estimate of drug-likeness (QED) is 0.830. The van der Waals surface area contributed by atoms with Crippen molar-refractivity contribution >= 4 is 5.97 Å². The zero-order chi connectivity index (χ0) is 14.6. The van der Waals surface area contributed by atoms with Gasteiger partial charge in [0.05, 0.1) is 5.41 Å². The number of carboxylic acid groups (broad SMARTS) is 1.